The van der Waals surface area contributed by atoms with Crippen LogP contribution in [0, 0.1) is 21.7 Å². The molecule has 0 saturated carbocycles. The Morgan fingerprint density at radius 2 is 1.93 bits per heavy atom. The van der Waals surface area contributed by atoms with Crippen LogP contribution in [0.15, 0.2) is 60.8 Å². The summed E-state index contributed by atoms with van der Waals surface area (Å²) in [5, 5.41) is 11.2. The molecular formula is C21H19F2N3O2. The van der Waals surface area contributed by atoms with E-state index in [0.29, 0.717) is 6.54 Å². The number of halogens is 2. The molecule has 0 fully saturated rings. The van der Waals surface area contributed by atoms with E-state index in [1.165, 1.54) is 12.1 Å². The van der Waals surface area contributed by atoms with Crippen molar-refractivity contribution < 1.29 is 13.7 Å². The molecule has 0 bridgehead atoms. The van der Waals surface area contributed by atoms with Gasteiger partial charge >= 0.3 is 0 Å². The fraction of sp³-hybridized carbons (Fsp3) is 0.238. The van der Waals surface area contributed by atoms with Crippen LogP contribution in [-0.4, -0.2) is 20.9 Å². The second kappa shape index (κ2) is 7.52. The highest BCUT2D eigenvalue weighted by molar-refractivity contribution is 5.39. The van der Waals surface area contributed by atoms with Crippen molar-refractivity contribution in [2.24, 2.45) is 0 Å². The second-order valence-electron chi connectivity index (χ2n) is 6.94. The predicted molar refractivity (Wildman–Crippen MR) is 101 cm³/mol. The normalized spacial score (nSPS) is 17.1. The maximum absolute atomic E-state index is 14.3. The molecule has 1 aromatic heterocycles. The smallest absolute Gasteiger partial charge is 0.269 e. The van der Waals surface area contributed by atoms with E-state index in [1.54, 1.807) is 12.1 Å². The number of aryl methyl sites for hydroxylation is 1. The fourth-order valence-electron chi connectivity index (χ4n) is 3.88. The molecule has 2 heterocycles. The monoisotopic (exact) mass is 383 g/mol. The summed E-state index contributed by atoms with van der Waals surface area (Å²) in [6.45, 7) is 1.67. The van der Waals surface area contributed by atoms with E-state index in [0.717, 1.165) is 36.4 Å². The van der Waals surface area contributed by atoms with Crippen LogP contribution in [0.5, 0.6) is 0 Å². The summed E-state index contributed by atoms with van der Waals surface area (Å²) in [6, 6.07) is 13.6. The SMILES string of the molecule is O=[N+]([O-])c1cccc([C@H]2c3cccn3CCCN2Cc2cc(F)ccc2F)c1. The van der Waals surface area contributed by atoms with E-state index >= 15 is 0 Å². The molecular weight excluding hydrogens is 364 g/mol. The lowest BCUT2D eigenvalue weighted by atomic mass is 10.0. The van der Waals surface area contributed by atoms with E-state index in [9.17, 15) is 18.9 Å². The molecule has 1 atom stereocenters. The van der Waals surface area contributed by atoms with Gasteiger partial charge in [0.25, 0.3) is 5.69 Å². The zero-order valence-electron chi connectivity index (χ0n) is 15.1. The highest BCUT2D eigenvalue weighted by atomic mass is 19.1. The minimum atomic E-state index is -0.485. The van der Waals surface area contributed by atoms with Crippen molar-refractivity contribution in [3.63, 3.8) is 0 Å². The molecule has 1 aliphatic heterocycles. The first-order valence-corrected chi connectivity index (χ1v) is 9.10. The van der Waals surface area contributed by atoms with Crippen LogP contribution < -0.4 is 0 Å². The Balaban J connectivity index is 1.78. The molecule has 0 aliphatic carbocycles. The number of nitro groups is 1. The lowest BCUT2D eigenvalue weighted by molar-refractivity contribution is -0.384. The Labute approximate surface area is 161 Å². The van der Waals surface area contributed by atoms with E-state index in [-0.39, 0.29) is 23.8 Å². The summed E-state index contributed by atoms with van der Waals surface area (Å²) in [6.07, 6.45) is 2.82. The zero-order chi connectivity index (χ0) is 19.7. The third-order valence-electron chi connectivity index (χ3n) is 5.13. The van der Waals surface area contributed by atoms with Gasteiger partial charge in [0.1, 0.15) is 11.6 Å². The number of fused-ring (bicyclic) bond motifs is 1. The molecule has 0 unspecified atom stereocenters. The largest absolute Gasteiger partial charge is 0.350 e. The molecule has 28 heavy (non-hydrogen) atoms. The quantitative estimate of drug-likeness (QED) is 0.486. The number of hydrogen-bond donors (Lipinski definition) is 0. The maximum Gasteiger partial charge on any atom is 0.269 e. The molecule has 7 heteroatoms. The van der Waals surface area contributed by atoms with Crippen molar-refractivity contribution in [3.05, 3.63) is 99.4 Å². The molecule has 0 spiro atoms. The van der Waals surface area contributed by atoms with Crippen LogP contribution in [0.4, 0.5) is 14.5 Å². The third-order valence-corrected chi connectivity index (χ3v) is 5.13. The van der Waals surface area contributed by atoms with E-state index < -0.39 is 16.6 Å². The minimum Gasteiger partial charge on any atom is -0.350 e. The first-order valence-electron chi connectivity index (χ1n) is 9.10. The topological polar surface area (TPSA) is 51.3 Å². The minimum absolute atomic E-state index is 0.0109. The molecule has 0 radical (unpaired) electrons. The van der Waals surface area contributed by atoms with Gasteiger partial charge in [-0.2, -0.15) is 0 Å². The highest BCUT2D eigenvalue weighted by Crippen LogP contribution is 2.34. The molecule has 2 aromatic carbocycles. The summed E-state index contributed by atoms with van der Waals surface area (Å²) in [7, 11) is 0. The van der Waals surface area contributed by atoms with Gasteiger partial charge in [0.2, 0.25) is 0 Å². The maximum atomic E-state index is 14.3. The Morgan fingerprint density at radius 3 is 2.75 bits per heavy atom. The summed E-state index contributed by atoms with van der Waals surface area (Å²) < 4.78 is 30.1. The number of nitrogens with zero attached hydrogens (tertiary/aromatic N) is 3. The molecule has 1 aliphatic rings. The number of non-ortho nitro benzene ring substituents is 1. The van der Waals surface area contributed by atoms with Gasteiger partial charge < -0.3 is 4.57 Å². The Kier molecular flexibility index (Phi) is 4.92. The lowest BCUT2D eigenvalue weighted by Gasteiger charge is -2.30. The van der Waals surface area contributed by atoms with Crippen LogP contribution in [0.25, 0.3) is 0 Å². The highest BCUT2D eigenvalue weighted by Gasteiger charge is 2.29. The summed E-state index contributed by atoms with van der Waals surface area (Å²) >= 11 is 0. The number of benzene rings is 2. The third kappa shape index (κ3) is 3.53. The van der Waals surface area contributed by atoms with E-state index in [1.807, 2.05) is 24.4 Å². The van der Waals surface area contributed by atoms with Crippen molar-refractivity contribution in [2.45, 2.75) is 25.6 Å². The van der Waals surface area contributed by atoms with Gasteiger partial charge in [0.05, 0.1) is 11.0 Å². The molecule has 0 N–H and O–H groups in total. The zero-order valence-corrected chi connectivity index (χ0v) is 15.1. The average molecular weight is 383 g/mol. The van der Waals surface area contributed by atoms with Crippen LogP contribution in [0.3, 0.4) is 0 Å². The molecule has 0 amide bonds. The first kappa shape index (κ1) is 18.3. The van der Waals surface area contributed by atoms with Gasteiger partial charge in [0.15, 0.2) is 0 Å². The van der Waals surface area contributed by atoms with Crippen molar-refractivity contribution in [1.82, 2.24) is 9.47 Å². The molecule has 144 valence electrons. The summed E-state index contributed by atoms with van der Waals surface area (Å²) in [5.41, 5.74) is 2.02. The number of hydrogen-bond acceptors (Lipinski definition) is 3. The summed E-state index contributed by atoms with van der Waals surface area (Å²) in [4.78, 5) is 12.9. The van der Waals surface area contributed by atoms with Gasteiger partial charge in [-0.3, -0.25) is 15.0 Å². The van der Waals surface area contributed by atoms with Crippen molar-refractivity contribution in [1.29, 1.82) is 0 Å². The molecule has 4 rings (SSSR count). The molecule has 3 aromatic rings. The second-order valence-corrected chi connectivity index (χ2v) is 6.94. The number of rotatable bonds is 4. The van der Waals surface area contributed by atoms with Gasteiger partial charge in [-0.1, -0.05) is 12.1 Å². The fourth-order valence-corrected chi connectivity index (χ4v) is 3.88. The Hall–Kier alpha value is -3.06. The van der Waals surface area contributed by atoms with E-state index in [2.05, 4.69) is 9.47 Å². The lowest BCUT2D eigenvalue weighted by Crippen LogP contribution is -2.30. The predicted octanol–water partition coefficient (Wildman–Crippen LogP) is 4.67. The average Bonchev–Trinajstić information content (AvgIpc) is 3.06. The van der Waals surface area contributed by atoms with Gasteiger partial charge in [-0.05, 0) is 42.3 Å². The van der Waals surface area contributed by atoms with Crippen LogP contribution >= 0.6 is 0 Å². The van der Waals surface area contributed by atoms with Crippen molar-refractivity contribution in [2.75, 3.05) is 6.54 Å². The van der Waals surface area contributed by atoms with Gasteiger partial charge in [-0.25, -0.2) is 8.78 Å². The van der Waals surface area contributed by atoms with E-state index in [4.69, 9.17) is 0 Å². The number of aromatic nitrogens is 1. The Bertz CT molecular complexity index is 1020. The molecule has 0 saturated heterocycles. The van der Waals surface area contributed by atoms with Crippen molar-refractivity contribution in [3.8, 4) is 0 Å². The van der Waals surface area contributed by atoms with Crippen LogP contribution in [0.1, 0.15) is 29.3 Å². The standard InChI is InChI=1S/C21H19F2N3O2/c22-17-7-8-19(23)16(12-17)14-25-11-3-10-24-9-2-6-20(24)21(25)15-4-1-5-18(13-15)26(27)28/h1-2,4-9,12-13,21H,3,10-11,14H2/t21-/m0/s1. The number of nitro benzene ring substituents is 1. The van der Waals surface area contributed by atoms with Crippen molar-refractivity contribution >= 4 is 5.69 Å². The van der Waals surface area contributed by atoms with Crippen LogP contribution in [-0.2, 0) is 13.1 Å². The Morgan fingerprint density at radius 1 is 1.07 bits per heavy atom. The summed E-state index contributed by atoms with van der Waals surface area (Å²) in [5.74, 6) is -0.944. The van der Waals surface area contributed by atoms with Crippen LogP contribution in [0.2, 0.25) is 0 Å². The first-order chi connectivity index (χ1) is 13.5. The molecule has 5 nitrogen and oxygen atoms in total. The van der Waals surface area contributed by atoms with Gasteiger partial charge in [-0.15, -0.1) is 0 Å². The van der Waals surface area contributed by atoms with Gasteiger partial charge in [0, 0.05) is 49.2 Å².